The third kappa shape index (κ3) is 2.42. The second-order valence-electron chi connectivity index (χ2n) is 3.09. The summed E-state index contributed by atoms with van der Waals surface area (Å²) < 4.78 is 0. The Balaban J connectivity index is 3.37. The monoisotopic (exact) mass is 219 g/mol. The largest absolute Gasteiger partial charge is 0.347 e. The number of nitrogens with zero attached hydrogens (tertiary/aromatic N) is 4. The number of anilines is 1. The molecule has 1 heterocycles. The maximum absolute atomic E-state index is 9.01. The molecule has 0 saturated heterocycles. The van der Waals surface area contributed by atoms with Crippen molar-refractivity contribution in [2.45, 2.75) is 11.8 Å². The fraction of sp³-hybridized carbons (Fsp3) is 0.444. The van der Waals surface area contributed by atoms with Crippen molar-refractivity contribution >= 4 is 30.6 Å². The average Bonchev–Trinajstić information content (AvgIpc) is 2.26. The second-order valence-corrected chi connectivity index (χ2v) is 3.88. The number of aromatic nitrogens is 2. The van der Waals surface area contributed by atoms with Crippen molar-refractivity contribution in [1.29, 1.82) is 5.26 Å². The van der Waals surface area contributed by atoms with Crippen LogP contribution in [0.3, 0.4) is 0 Å². The third-order valence-electron chi connectivity index (χ3n) is 1.87. The zero-order valence-corrected chi connectivity index (χ0v) is 10.1. The maximum Gasteiger partial charge on any atom is 0.225 e. The van der Waals surface area contributed by atoms with E-state index < -0.39 is 0 Å². The van der Waals surface area contributed by atoms with Gasteiger partial charge < -0.3 is 4.90 Å². The van der Waals surface area contributed by atoms with Crippen LogP contribution in [0, 0.1) is 11.3 Å². The first kappa shape index (κ1) is 11.9. The number of nitriles is 1. The van der Waals surface area contributed by atoms with Crippen molar-refractivity contribution < 1.29 is 0 Å². The molecular weight excluding hydrogens is 207 g/mol. The molecule has 0 aliphatic rings. The number of rotatable bonds is 3. The van der Waals surface area contributed by atoms with Crippen LogP contribution in [0.25, 0.3) is 0 Å². The van der Waals surface area contributed by atoms with Gasteiger partial charge in [0.15, 0.2) is 7.28 Å². The van der Waals surface area contributed by atoms with Crippen molar-refractivity contribution in [2.24, 2.45) is 0 Å². The molecule has 0 atom stereocenters. The van der Waals surface area contributed by atoms with E-state index in [2.05, 4.69) is 16.0 Å². The SMILES string of the molecule is C[B]c1nc(N(C)C)nc(SC)c1C#N. The second kappa shape index (κ2) is 5.03. The molecule has 0 amide bonds. The molecule has 15 heavy (non-hydrogen) atoms. The van der Waals surface area contributed by atoms with Gasteiger partial charge in [0.2, 0.25) is 5.95 Å². The lowest BCUT2D eigenvalue weighted by Gasteiger charge is -2.13. The van der Waals surface area contributed by atoms with Crippen LogP contribution in [-0.2, 0) is 0 Å². The van der Waals surface area contributed by atoms with Gasteiger partial charge >= 0.3 is 0 Å². The number of thioether (sulfide) groups is 1. The van der Waals surface area contributed by atoms with Gasteiger partial charge in [0.25, 0.3) is 0 Å². The topological polar surface area (TPSA) is 52.8 Å². The van der Waals surface area contributed by atoms with E-state index in [1.54, 1.807) is 0 Å². The number of hydrogen-bond acceptors (Lipinski definition) is 5. The summed E-state index contributed by atoms with van der Waals surface area (Å²) in [5.74, 6) is 0.631. The van der Waals surface area contributed by atoms with Gasteiger partial charge in [0, 0.05) is 19.7 Å². The van der Waals surface area contributed by atoms with Gasteiger partial charge in [-0.05, 0) is 6.26 Å². The fourth-order valence-electron chi connectivity index (χ4n) is 1.11. The zero-order chi connectivity index (χ0) is 11.4. The lowest BCUT2D eigenvalue weighted by molar-refractivity contribution is 0.955. The van der Waals surface area contributed by atoms with E-state index in [4.69, 9.17) is 5.26 Å². The van der Waals surface area contributed by atoms with Gasteiger partial charge in [-0.3, -0.25) is 0 Å². The molecule has 4 nitrogen and oxygen atoms in total. The molecule has 1 rings (SSSR count). The molecule has 0 N–H and O–H groups in total. The molecule has 0 saturated carbocycles. The van der Waals surface area contributed by atoms with Crippen molar-refractivity contribution in [3.63, 3.8) is 0 Å². The van der Waals surface area contributed by atoms with Crippen LogP contribution in [0.4, 0.5) is 5.95 Å². The highest BCUT2D eigenvalue weighted by Gasteiger charge is 2.13. The maximum atomic E-state index is 9.01. The molecule has 0 bridgehead atoms. The predicted molar refractivity (Wildman–Crippen MR) is 64.1 cm³/mol. The molecule has 0 aromatic carbocycles. The first-order valence-electron chi connectivity index (χ1n) is 4.46. The van der Waals surface area contributed by atoms with Gasteiger partial charge in [0.05, 0.1) is 5.56 Å². The van der Waals surface area contributed by atoms with Crippen LogP contribution in [0.15, 0.2) is 5.03 Å². The van der Waals surface area contributed by atoms with E-state index in [0.717, 1.165) is 5.03 Å². The Morgan fingerprint density at radius 1 is 1.40 bits per heavy atom. The summed E-state index contributed by atoms with van der Waals surface area (Å²) in [5.41, 5.74) is 1.25. The van der Waals surface area contributed by atoms with Crippen molar-refractivity contribution in [1.82, 2.24) is 9.97 Å². The van der Waals surface area contributed by atoms with Gasteiger partial charge in [-0.15, -0.1) is 11.8 Å². The Bertz CT molecular complexity index is 375. The molecule has 1 radical (unpaired) electrons. The van der Waals surface area contributed by atoms with Crippen LogP contribution < -0.4 is 10.5 Å². The standard InChI is InChI=1S/C9H12BN4S/c1-10-7-6(5-11)8(15-4)13-9(12-7)14(2)3/h1-4H3. The summed E-state index contributed by atoms with van der Waals surface area (Å²) in [4.78, 5) is 10.4. The van der Waals surface area contributed by atoms with Crippen molar-refractivity contribution in [3.05, 3.63) is 5.56 Å². The summed E-state index contributed by atoms with van der Waals surface area (Å²) in [6.07, 6.45) is 1.90. The summed E-state index contributed by atoms with van der Waals surface area (Å²) in [6.45, 7) is 1.87. The molecular formula is C9H12BN4S. The van der Waals surface area contributed by atoms with Crippen molar-refractivity contribution in [2.75, 3.05) is 25.3 Å². The quantitative estimate of drug-likeness (QED) is 0.421. The highest BCUT2D eigenvalue weighted by atomic mass is 32.2. The van der Waals surface area contributed by atoms with Crippen LogP contribution in [-0.4, -0.2) is 37.6 Å². The predicted octanol–water partition coefficient (Wildman–Crippen LogP) is 0.514. The summed E-state index contributed by atoms with van der Waals surface area (Å²) >= 11 is 1.46. The Hall–Kier alpha value is -1.22. The summed E-state index contributed by atoms with van der Waals surface area (Å²) in [6, 6.07) is 2.14. The molecule has 0 aliphatic heterocycles. The van der Waals surface area contributed by atoms with E-state index in [1.807, 2.05) is 39.4 Å². The van der Waals surface area contributed by atoms with Crippen LogP contribution in [0.2, 0.25) is 6.82 Å². The Labute approximate surface area is 95.0 Å². The van der Waals surface area contributed by atoms with E-state index >= 15 is 0 Å². The van der Waals surface area contributed by atoms with Gasteiger partial charge in [-0.25, -0.2) is 9.97 Å². The van der Waals surface area contributed by atoms with Crippen LogP contribution in [0.5, 0.6) is 0 Å². The number of hydrogen-bond donors (Lipinski definition) is 0. The van der Waals surface area contributed by atoms with E-state index in [0.29, 0.717) is 17.1 Å². The Kier molecular flexibility index (Phi) is 3.98. The van der Waals surface area contributed by atoms with E-state index in [1.165, 1.54) is 11.8 Å². The minimum absolute atomic E-state index is 0.551. The molecule has 0 aliphatic carbocycles. The molecule has 1 aromatic rings. The molecule has 0 fully saturated rings. The smallest absolute Gasteiger partial charge is 0.225 e. The summed E-state index contributed by atoms with van der Waals surface area (Å²) in [7, 11) is 5.59. The highest BCUT2D eigenvalue weighted by molar-refractivity contribution is 7.98. The van der Waals surface area contributed by atoms with Crippen LogP contribution >= 0.6 is 11.8 Å². The first-order chi connectivity index (χ1) is 7.13. The molecule has 0 unspecified atom stereocenters. The fourth-order valence-corrected chi connectivity index (χ4v) is 1.63. The first-order valence-corrected chi connectivity index (χ1v) is 5.69. The highest BCUT2D eigenvalue weighted by Crippen LogP contribution is 2.17. The minimum Gasteiger partial charge on any atom is -0.347 e. The van der Waals surface area contributed by atoms with Gasteiger partial charge in [-0.1, -0.05) is 6.82 Å². The molecule has 6 heteroatoms. The van der Waals surface area contributed by atoms with Gasteiger partial charge in [0.1, 0.15) is 11.1 Å². The lowest BCUT2D eigenvalue weighted by atomic mass is 9.75. The van der Waals surface area contributed by atoms with Crippen LogP contribution in [0.1, 0.15) is 5.56 Å². The molecule has 77 valence electrons. The Morgan fingerprint density at radius 3 is 2.47 bits per heavy atom. The minimum atomic E-state index is 0.551. The average molecular weight is 219 g/mol. The van der Waals surface area contributed by atoms with Crippen molar-refractivity contribution in [3.8, 4) is 6.07 Å². The third-order valence-corrected chi connectivity index (χ3v) is 2.55. The molecule has 1 aromatic heterocycles. The van der Waals surface area contributed by atoms with E-state index in [9.17, 15) is 0 Å². The summed E-state index contributed by atoms with van der Waals surface area (Å²) in [5, 5.41) is 9.74. The zero-order valence-electron chi connectivity index (χ0n) is 9.27. The van der Waals surface area contributed by atoms with Gasteiger partial charge in [-0.2, -0.15) is 5.26 Å². The van der Waals surface area contributed by atoms with E-state index in [-0.39, 0.29) is 0 Å². The molecule has 0 spiro atoms. The Morgan fingerprint density at radius 2 is 2.07 bits per heavy atom. The normalized spacial score (nSPS) is 9.53. The lowest BCUT2D eigenvalue weighted by Crippen LogP contribution is -2.26.